The van der Waals surface area contributed by atoms with Gasteiger partial charge in [-0.25, -0.2) is 8.78 Å². The summed E-state index contributed by atoms with van der Waals surface area (Å²) < 4.78 is 38.6. The third-order valence-electron chi connectivity index (χ3n) is 5.23. The molecule has 0 saturated carbocycles. The molecule has 1 aliphatic heterocycles. The van der Waals surface area contributed by atoms with Gasteiger partial charge in [-0.15, -0.1) is 0 Å². The zero-order chi connectivity index (χ0) is 20.5. The number of benzene rings is 1. The number of ether oxygens (including phenoxy) is 1. The molecule has 0 radical (unpaired) electrons. The van der Waals surface area contributed by atoms with Gasteiger partial charge in [-0.3, -0.25) is 4.79 Å². The number of amides is 1. The average molecular weight is 421 g/mol. The minimum atomic E-state index is -0.690. The number of aromatic nitrogens is 2. The molecule has 0 atom stereocenters. The van der Waals surface area contributed by atoms with Gasteiger partial charge in [0.15, 0.2) is 5.82 Å². The zero-order valence-electron chi connectivity index (χ0n) is 16.2. The summed E-state index contributed by atoms with van der Waals surface area (Å²) in [5.41, 5.74) is 1.95. The van der Waals surface area contributed by atoms with E-state index in [9.17, 15) is 13.6 Å². The van der Waals surface area contributed by atoms with Crippen LogP contribution in [0.5, 0.6) is 5.19 Å². The Bertz CT molecular complexity index is 1020. The lowest BCUT2D eigenvalue weighted by molar-refractivity contribution is -0.132. The summed E-state index contributed by atoms with van der Waals surface area (Å²) in [4.78, 5) is 18.5. The maximum Gasteiger partial charge on any atom is 0.274 e. The lowest BCUT2D eigenvalue weighted by Gasteiger charge is -2.31. The maximum absolute atomic E-state index is 13.8. The monoisotopic (exact) mass is 421 g/mol. The molecule has 1 amide bonds. The molecular weight excluding hydrogens is 400 g/mol. The number of nitrogens with zero attached hydrogens (tertiary/aromatic N) is 3. The standard InChI is InChI=1S/C20H21F2N3O3S/c1-11-15(12(2)28-24-11)3-4-18(26)25-7-5-14(6-8-25)27-20-23-19-16(22)9-13(21)10-17(19)29-20/h9-10,14H,3-8H2,1-2H3. The minimum Gasteiger partial charge on any atom is -0.467 e. The van der Waals surface area contributed by atoms with E-state index in [1.165, 1.54) is 6.07 Å². The van der Waals surface area contributed by atoms with Gasteiger partial charge in [0, 0.05) is 44.0 Å². The molecule has 1 saturated heterocycles. The molecule has 154 valence electrons. The number of aryl methyl sites for hydroxylation is 2. The fourth-order valence-electron chi connectivity index (χ4n) is 3.60. The second-order valence-corrected chi connectivity index (χ2v) is 8.21. The second-order valence-electron chi connectivity index (χ2n) is 7.21. The molecule has 4 rings (SSSR count). The van der Waals surface area contributed by atoms with Crippen LogP contribution in [0, 0.1) is 25.5 Å². The maximum atomic E-state index is 13.8. The lowest BCUT2D eigenvalue weighted by Crippen LogP contribution is -2.41. The van der Waals surface area contributed by atoms with Gasteiger partial charge in [-0.1, -0.05) is 16.5 Å². The number of fused-ring (bicyclic) bond motifs is 1. The highest BCUT2D eigenvalue weighted by Crippen LogP contribution is 2.32. The van der Waals surface area contributed by atoms with Gasteiger partial charge in [0.25, 0.3) is 5.19 Å². The van der Waals surface area contributed by atoms with Crippen molar-refractivity contribution in [2.75, 3.05) is 13.1 Å². The van der Waals surface area contributed by atoms with Crippen LogP contribution < -0.4 is 4.74 Å². The van der Waals surface area contributed by atoms with E-state index >= 15 is 0 Å². The van der Waals surface area contributed by atoms with Crippen molar-refractivity contribution in [2.45, 2.75) is 45.6 Å². The Labute approximate surface area is 170 Å². The fourth-order valence-corrected chi connectivity index (χ4v) is 4.52. The van der Waals surface area contributed by atoms with Gasteiger partial charge in [-0.05, 0) is 26.3 Å². The molecule has 2 aromatic heterocycles. The Morgan fingerprint density at radius 3 is 2.76 bits per heavy atom. The molecule has 3 aromatic rings. The number of hydrogen-bond donors (Lipinski definition) is 0. The van der Waals surface area contributed by atoms with Crippen molar-refractivity contribution in [3.8, 4) is 5.19 Å². The smallest absolute Gasteiger partial charge is 0.274 e. The molecule has 0 unspecified atom stereocenters. The van der Waals surface area contributed by atoms with E-state index in [0.29, 0.717) is 48.7 Å². The summed E-state index contributed by atoms with van der Waals surface area (Å²) in [6, 6.07) is 2.07. The van der Waals surface area contributed by atoms with Gasteiger partial charge in [0.05, 0.1) is 10.4 Å². The zero-order valence-corrected chi connectivity index (χ0v) is 17.0. The normalized spacial score (nSPS) is 15.2. The molecule has 0 spiro atoms. The minimum absolute atomic E-state index is 0.0981. The summed E-state index contributed by atoms with van der Waals surface area (Å²) in [7, 11) is 0. The van der Waals surface area contributed by atoms with Crippen LogP contribution in [0.25, 0.3) is 10.2 Å². The van der Waals surface area contributed by atoms with Gasteiger partial charge in [-0.2, -0.15) is 4.98 Å². The third kappa shape index (κ3) is 4.24. The number of rotatable bonds is 5. The van der Waals surface area contributed by atoms with Crippen molar-refractivity contribution < 1.29 is 22.8 Å². The Hall–Kier alpha value is -2.55. The highest BCUT2D eigenvalue weighted by atomic mass is 32.1. The fraction of sp³-hybridized carbons (Fsp3) is 0.450. The number of carbonyl (C=O) groups is 1. The molecule has 29 heavy (non-hydrogen) atoms. The largest absolute Gasteiger partial charge is 0.467 e. The second kappa shape index (κ2) is 8.06. The van der Waals surface area contributed by atoms with E-state index in [0.717, 1.165) is 34.4 Å². The van der Waals surface area contributed by atoms with Crippen molar-refractivity contribution in [1.82, 2.24) is 15.0 Å². The Morgan fingerprint density at radius 1 is 1.31 bits per heavy atom. The first-order valence-electron chi connectivity index (χ1n) is 9.52. The number of thiazole rings is 1. The van der Waals surface area contributed by atoms with Crippen LogP contribution in [-0.4, -0.2) is 40.1 Å². The molecule has 0 bridgehead atoms. The van der Waals surface area contributed by atoms with Crippen LogP contribution >= 0.6 is 11.3 Å². The number of likely N-dealkylation sites (tertiary alicyclic amines) is 1. The summed E-state index contributed by atoms with van der Waals surface area (Å²) in [5.74, 6) is -0.464. The van der Waals surface area contributed by atoms with Crippen LogP contribution in [0.4, 0.5) is 8.78 Å². The van der Waals surface area contributed by atoms with Crippen LogP contribution in [0.2, 0.25) is 0 Å². The molecule has 1 fully saturated rings. The van der Waals surface area contributed by atoms with Crippen LogP contribution in [0.15, 0.2) is 16.7 Å². The molecule has 6 nitrogen and oxygen atoms in total. The van der Waals surface area contributed by atoms with Crippen LogP contribution in [0.3, 0.4) is 0 Å². The molecule has 1 aromatic carbocycles. The van der Waals surface area contributed by atoms with Gasteiger partial charge in [0.1, 0.15) is 23.2 Å². The summed E-state index contributed by atoms with van der Waals surface area (Å²) in [6.07, 6.45) is 2.27. The van der Waals surface area contributed by atoms with Gasteiger partial charge in [0.2, 0.25) is 5.91 Å². The van der Waals surface area contributed by atoms with Gasteiger partial charge >= 0.3 is 0 Å². The SMILES string of the molecule is Cc1noc(C)c1CCC(=O)N1CCC(Oc2nc3c(F)cc(F)cc3s2)CC1. The van der Waals surface area contributed by atoms with Crippen molar-refractivity contribution in [3.63, 3.8) is 0 Å². The Kier molecular flexibility index (Phi) is 5.49. The molecular formula is C20H21F2N3O3S. The highest BCUT2D eigenvalue weighted by molar-refractivity contribution is 7.20. The van der Waals surface area contributed by atoms with Crippen molar-refractivity contribution in [3.05, 3.63) is 40.8 Å². The quantitative estimate of drug-likeness (QED) is 0.618. The predicted molar refractivity (Wildman–Crippen MR) is 104 cm³/mol. The topological polar surface area (TPSA) is 68.5 Å². The van der Waals surface area contributed by atoms with Crippen LogP contribution in [0.1, 0.15) is 36.3 Å². The van der Waals surface area contributed by atoms with Crippen molar-refractivity contribution in [1.29, 1.82) is 0 Å². The number of piperidine rings is 1. The molecule has 0 N–H and O–H groups in total. The summed E-state index contributed by atoms with van der Waals surface area (Å²) in [6.45, 7) is 4.92. The predicted octanol–water partition coefficient (Wildman–Crippen LogP) is 4.18. The summed E-state index contributed by atoms with van der Waals surface area (Å²) in [5, 5.41) is 4.24. The van der Waals surface area contributed by atoms with E-state index in [-0.39, 0.29) is 17.5 Å². The third-order valence-corrected chi connectivity index (χ3v) is 6.12. The molecule has 9 heteroatoms. The first kappa shape index (κ1) is 19.8. The first-order valence-corrected chi connectivity index (χ1v) is 10.3. The summed E-state index contributed by atoms with van der Waals surface area (Å²) >= 11 is 1.13. The van der Waals surface area contributed by atoms with E-state index in [2.05, 4.69) is 10.1 Å². The lowest BCUT2D eigenvalue weighted by atomic mass is 10.0. The van der Waals surface area contributed by atoms with Crippen molar-refractivity contribution in [2.24, 2.45) is 0 Å². The van der Waals surface area contributed by atoms with E-state index in [4.69, 9.17) is 9.26 Å². The number of carbonyl (C=O) groups excluding carboxylic acids is 1. The van der Waals surface area contributed by atoms with E-state index in [1.54, 1.807) is 0 Å². The Morgan fingerprint density at radius 2 is 2.07 bits per heavy atom. The molecule has 1 aliphatic rings. The number of halogens is 2. The highest BCUT2D eigenvalue weighted by Gasteiger charge is 2.25. The Balaban J connectivity index is 1.30. The molecule has 3 heterocycles. The average Bonchev–Trinajstić information content (AvgIpc) is 3.23. The van der Waals surface area contributed by atoms with Gasteiger partial charge < -0.3 is 14.2 Å². The first-order chi connectivity index (χ1) is 13.9. The van der Waals surface area contributed by atoms with Crippen LogP contribution in [-0.2, 0) is 11.2 Å². The van der Waals surface area contributed by atoms with E-state index < -0.39 is 11.6 Å². The van der Waals surface area contributed by atoms with E-state index in [1.807, 2.05) is 18.7 Å². The van der Waals surface area contributed by atoms with Crippen molar-refractivity contribution >= 4 is 27.5 Å². The molecule has 0 aliphatic carbocycles. The number of hydrogen-bond acceptors (Lipinski definition) is 6.